The number of benzene rings is 2. The van der Waals surface area contributed by atoms with Gasteiger partial charge in [-0.05, 0) is 67.3 Å². The largest absolute Gasteiger partial charge is 0.341 e. The lowest BCUT2D eigenvalue weighted by Gasteiger charge is -2.32. The van der Waals surface area contributed by atoms with Gasteiger partial charge in [-0.1, -0.05) is 17.4 Å². The molecule has 0 saturated heterocycles. The minimum Gasteiger partial charge on any atom is -0.341 e. The summed E-state index contributed by atoms with van der Waals surface area (Å²) in [4.78, 5) is 18.4. The van der Waals surface area contributed by atoms with Crippen molar-refractivity contribution in [2.75, 3.05) is 11.4 Å². The van der Waals surface area contributed by atoms with Crippen LogP contribution in [0.4, 0.5) is 20.2 Å². The number of aromatic nitrogens is 2. The molecular formula is C24H21F2N3OS. The van der Waals surface area contributed by atoms with Crippen LogP contribution in [0.25, 0.3) is 21.3 Å². The Kier molecular flexibility index (Phi) is 4.85. The first-order valence-electron chi connectivity index (χ1n) is 10.2. The minimum atomic E-state index is -2.59. The van der Waals surface area contributed by atoms with E-state index in [0.717, 1.165) is 52.2 Å². The van der Waals surface area contributed by atoms with Gasteiger partial charge in [-0.2, -0.15) is 0 Å². The Bertz CT molecular complexity index is 1340. The van der Waals surface area contributed by atoms with Crippen LogP contribution in [0.15, 0.2) is 53.5 Å². The van der Waals surface area contributed by atoms with Gasteiger partial charge in [0, 0.05) is 48.0 Å². The smallest absolute Gasteiger partial charge is 0.307 e. The van der Waals surface area contributed by atoms with Gasteiger partial charge in [-0.25, -0.2) is 8.78 Å². The van der Waals surface area contributed by atoms with Gasteiger partial charge in [-0.3, -0.25) is 9.78 Å². The van der Waals surface area contributed by atoms with E-state index in [0.29, 0.717) is 11.1 Å². The van der Waals surface area contributed by atoms with Gasteiger partial charge in [0.15, 0.2) is 0 Å². The summed E-state index contributed by atoms with van der Waals surface area (Å²) in [5, 5.41) is 0. The zero-order valence-corrected chi connectivity index (χ0v) is 18.0. The van der Waals surface area contributed by atoms with Crippen molar-refractivity contribution in [3.05, 3.63) is 75.1 Å². The van der Waals surface area contributed by atoms with Crippen LogP contribution in [0.2, 0.25) is 0 Å². The molecule has 4 nitrogen and oxygen atoms in total. The summed E-state index contributed by atoms with van der Waals surface area (Å²) < 4.78 is 30.7. The molecule has 158 valence electrons. The summed E-state index contributed by atoms with van der Waals surface area (Å²) in [6.07, 6.45) is 0.827. The predicted octanol–water partition coefficient (Wildman–Crippen LogP) is 5.99. The van der Waals surface area contributed by atoms with E-state index in [1.807, 2.05) is 43.3 Å². The molecule has 0 spiro atoms. The van der Waals surface area contributed by atoms with Gasteiger partial charge >= 0.3 is 4.87 Å². The molecule has 0 amide bonds. The summed E-state index contributed by atoms with van der Waals surface area (Å²) in [6.45, 7) is 2.62. The molecule has 2 aromatic heterocycles. The van der Waals surface area contributed by atoms with Gasteiger partial charge in [0.05, 0.1) is 10.2 Å². The number of fused-ring (bicyclic) bond motifs is 2. The number of hydrogen-bond donors (Lipinski definition) is 0. The van der Waals surface area contributed by atoms with E-state index in [-0.39, 0.29) is 10.4 Å². The molecule has 0 bridgehead atoms. The summed E-state index contributed by atoms with van der Waals surface area (Å²) in [5.41, 5.74) is 5.73. The minimum absolute atomic E-state index is 0.0115. The molecule has 2 aromatic carbocycles. The topological polar surface area (TPSA) is 38.1 Å². The van der Waals surface area contributed by atoms with Gasteiger partial charge in [-0.15, -0.1) is 0 Å². The molecule has 0 N–H and O–H groups in total. The molecule has 0 aliphatic carbocycles. The third-order valence-corrected chi connectivity index (χ3v) is 6.93. The van der Waals surface area contributed by atoms with Crippen LogP contribution in [0.3, 0.4) is 0 Å². The zero-order valence-electron chi connectivity index (χ0n) is 17.2. The first-order valence-corrected chi connectivity index (χ1v) is 11.0. The van der Waals surface area contributed by atoms with Crippen LogP contribution in [0.5, 0.6) is 0 Å². The molecule has 0 fully saturated rings. The molecule has 4 aromatic rings. The Morgan fingerprint density at radius 1 is 1.13 bits per heavy atom. The zero-order chi connectivity index (χ0) is 21.7. The maximum Gasteiger partial charge on any atom is 0.307 e. The Morgan fingerprint density at radius 3 is 2.71 bits per heavy atom. The molecule has 7 heteroatoms. The number of hydrogen-bond acceptors (Lipinski definition) is 4. The predicted molar refractivity (Wildman–Crippen MR) is 122 cm³/mol. The second-order valence-electron chi connectivity index (χ2n) is 7.89. The number of rotatable bonds is 3. The highest BCUT2D eigenvalue weighted by Crippen LogP contribution is 2.41. The summed E-state index contributed by atoms with van der Waals surface area (Å²) in [5.74, 6) is 0. The van der Waals surface area contributed by atoms with Crippen molar-refractivity contribution in [1.82, 2.24) is 9.55 Å². The van der Waals surface area contributed by atoms with Gasteiger partial charge in [0.25, 0.3) is 6.43 Å². The quantitative estimate of drug-likeness (QED) is 0.395. The van der Waals surface area contributed by atoms with Crippen LogP contribution in [0, 0.1) is 6.92 Å². The van der Waals surface area contributed by atoms with Crippen molar-refractivity contribution in [1.29, 1.82) is 0 Å². The highest BCUT2D eigenvalue weighted by Gasteiger charge is 2.24. The lowest BCUT2D eigenvalue weighted by Crippen LogP contribution is -2.25. The molecule has 1 aliphatic rings. The highest BCUT2D eigenvalue weighted by atomic mass is 32.1. The molecule has 1 aliphatic heterocycles. The van der Waals surface area contributed by atoms with E-state index < -0.39 is 6.43 Å². The van der Waals surface area contributed by atoms with Gasteiger partial charge in [0.1, 0.15) is 0 Å². The third-order valence-electron chi connectivity index (χ3n) is 5.91. The number of anilines is 2. The fourth-order valence-corrected chi connectivity index (χ4v) is 5.12. The van der Waals surface area contributed by atoms with Crippen LogP contribution < -0.4 is 9.77 Å². The summed E-state index contributed by atoms with van der Waals surface area (Å²) >= 11 is 1.21. The lowest BCUT2D eigenvalue weighted by atomic mass is 9.92. The Balaban J connectivity index is 1.65. The lowest BCUT2D eigenvalue weighted by molar-refractivity contribution is 0.152. The number of alkyl halides is 2. The normalized spacial score (nSPS) is 13.8. The van der Waals surface area contributed by atoms with Crippen molar-refractivity contribution < 1.29 is 8.78 Å². The van der Waals surface area contributed by atoms with Crippen molar-refractivity contribution >= 4 is 32.9 Å². The van der Waals surface area contributed by atoms with E-state index in [1.54, 1.807) is 23.9 Å². The van der Waals surface area contributed by atoms with Crippen molar-refractivity contribution in [2.45, 2.75) is 26.2 Å². The Morgan fingerprint density at radius 2 is 1.97 bits per heavy atom. The van der Waals surface area contributed by atoms with Crippen LogP contribution in [-0.4, -0.2) is 16.1 Å². The van der Waals surface area contributed by atoms with E-state index in [2.05, 4.69) is 9.88 Å². The maximum absolute atomic E-state index is 14.1. The Labute approximate surface area is 182 Å². The molecule has 3 heterocycles. The molecule has 0 radical (unpaired) electrons. The third kappa shape index (κ3) is 3.43. The van der Waals surface area contributed by atoms with Gasteiger partial charge < -0.3 is 9.47 Å². The fourth-order valence-electron chi connectivity index (χ4n) is 4.26. The molecule has 31 heavy (non-hydrogen) atoms. The number of thiazole rings is 1. The highest BCUT2D eigenvalue weighted by molar-refractivity contribution is 7.16. The molecule has 0 saturated carbocycles. The molecule has 0 unspecified atom stereocenters. The average Bonchev–Trinajstić information content (AvgIpc) is 3.06. The molecule has 5 rings (SSSR count). The van der Waals surface area contributed by atoms with Crippen molar-refractivity contribution in [3.63, 3.8) is 0 Å². The number of aryl methyl sites for hydroxylation is 3. The first-order chi connectivity index (χ1) is 14.9. The first kappa shape index (κ1) is 19.9. The number of pyridine rings is 1. The fraction of sp³-hybridized carbons (Fsp3) is 0.250. The average molecular weight is 438 g/mol. The van der Waals surface area contributed by atoms with Crippen LogP contribution in [0.1, 0.15) is 29.7 Å². The second-order valence-corrected chi connectivity index (χ2v) is 8.88. The Hall–Kier alpha value is -3.06. The van der Waals surface area contributed by atoms with Crippen LogP contribution in [-0.2, 0) is 13.5 Å². The van der Waals surface area contributed by atoms with Crippen molar-refractivity contribution in [2.24, 2.45) is 7.05 Å². The van der Waals surface area contributed by atoms with E-state index >= 15 is 0 Å². The summed E-state index contributed by atoms with van der Waals surface area (Å²) in [7, 11) is 1.76. The van der Waals surface area contributed by atoms with E-state index in [9.17, 15) is 13.6 Å². The van der Waals surface area contributed by atoms with Crippen LogP contribution >= 0.6 is 11.3 Å². The molecule has 0 atom stereocenters. The monoisotopic (exact) mass is 437 g/mol. The van der Waals surface area contributed by atoms with Crippen molar-refractivity contribution in [3.8, 4) is 11.1 Å². The molecular weight excluding hydrogens is 416 g/mol. The SMILES string of the molecule is Cc1ccc(-c2cc3c(cc2C(F)F)N(c2ccc4sc(=O)n(C)c4c2)CCC3)cn1. The second kappa shape index (κ2) is 7.57. The number of halogens is 2. The maximum atomic E-state index is 14.1. The standard InChI is InChI=1S/C24H21F2N3OS/c1-14-5-6-16(13-27-14)18-10-15-4-3-9-29(20(15)12-19(18)23(25)26)17-7-8-22-21(11-17)28(2)24(30)31-22/h5-8,10-13,23H,3-4,9H2,1-2H3. The van der Waals surface area contributed by atoms with Gasteiger partial charge in [0.2, 0.25) is 0 Å². The summed E-state index contributed by atoms with van der Waals surface area (Å²) in [6, 6.07) is 13.1. The number of nitrogens with zero attached hydrogens (tertiary/aromatic N) is 3. The van der Waals surface area contributed by atoms with E-state index in [4.69, 9.17) is 0 Å². The van der Waals surface area contributed by atoms with E-state index in [1.165, 1.54) is 11.3 Å².